The van der Waals surface area contributed by atoms with Crippen LogP contribution in [0.15, 0.2) is 95.6 Å². The number of carbonyl (C=O) groups is 1. The fourth-order valence-corrected chi connectivity index (χ4v) is 3.10. The summed E-state index contributed by atoms with van der Waals surface area (Å²) < 4.78 is 5.48. The van der Waals surface area contributed by atoms with E-state index in [4.69, 9.17) is 4.74 Å². The van der Waals surface area contributed by atoms with Crippen molar-refractivity contribution in [3.05, 3.63) is 102 Å². The van der Waals surface area contributed by atoms with Gasteiger partial charge >= 0.3 is 0 Å². The SMILES string of the molecule is CCOc1ccc(/C=C2/N=C(c3ccccc3)N(c3ccccc3)C2=O)cc1. The van der Waals surface area contributed by atoms with Crippen LogP contribution in [0.5, 0.6) is 5.75 Å². The number of benzene rings is 3. The molecule has 0 N–H and O–H groups in total. The van der Waals surface area contributed by atoms with Gasteiger partial charge in [0, 0.05) is 5.56 Å². The topological polar surface area (TPSA) is 41.9 Å². The Morgan fingerprint density at radius 2 is 1.54 bits per heavy atom. The fourth-order valence-electron chi connectivity index (χ4n) is 3.10. The summed E-state index contributed by atoms with van der Waals surface area (Å²) in [6, 6.07) is 27.0. The number of para-hydroxylation sites is 1. The molecule has 1 heterocycles. The standard InChI is InChI=1S/C24H20N2O2/c1-2-28-21-15-13-18(14-16-21)17-22-24(27)26(20-11-7-4-8-12-20)23(25-22)19-9-5-3-6-10-19/h3-17H,2H2,1H3/b22-17+. The van der Waals surface area contributed by atoms with Gasteiger partial charge in [0.1, 0.15) is 17.3 Å². The molecule has 0 bridgehead atoms. The van der Waals surface area contributed by atoms with E-state index in [1.54, 1.807) is 4.90 Å². The summed E-state index contributed by atoms with van der Waals surface area (Å²) in [6.07, 6.45) is 1.81. The molecule has 0 atom stereocenters. The largest absolute Gasteiger partial charge is 0.494 e. The minimum absolute atomic E-state index is 0.140. The smallest absolute Gasteiger partial charge is 0.282 e. The summed E-state index contributed by atoms with van der Waals surface area (Å²) in [7, 11) is 0. The Morgan fingerprint density at radius 1 is 0.893 bits per heavy atom. The number of carbonyl (C=O) groups excluding carboxylic acids is 1. The monoisotopic (exact) mass is 368 g/mol. The van der Waals surface area contributed by atoms with Crippen LogP contribution in [0.2, 0.25) is 0 Å². The van der Waals surface area contributed by atoms with E-state index in [9.17, 15) is 4.79 Å². The lowest BCUT2D eigenvalue weighted by Gasteiger charge is -2.18. The number of rotatable bonds is 5. The molecule has 138 valence electrons. The second kappa shape index (κ2) is 7.92. The minimum atomic E-state index is -0.140. The molecule has 0 aliphatic carbocycles. The summed E-state index contributed by atoms with van der Waals surface area (Å²) in [5.74, 6) is 1.30. The molecule has 0 aromatic heterocycles. The number of hydrogen-bond donors (Lipinski definition) is 0. The van der Waals surface area contributed by atoms with Crippen LogP contribution in [-0.4, -0.2) is 18.3 Å². The van der Waals surface area contributed by atoms with Crippen molar-refractivity contribution in [2.24, 2.45) is 4.99 Å². The molecule has 3 aromatic carbocycles. The molecule has 4 rings (SSSR count). The van der Waals surface area contributed by atoms with E-state index >= 15 is 0 Å². The van der Waals surface area contributed by atoms with Gasteiger partial charge in [-0.2, -0.15) is 0 Å². The Morgan fingerprint density at radius 3 is 2.18 bits per heavy atom. The zero-order chi connectivity index (χ0) is 19.3. The Labute approximate surface area is 164 Å². The Balaban J connectivity index is 1.74. The Kier molecular flexibility index (Phi) is 5.02. The predicted octanol–water partition coefficient (Wildman–Crippen LogP) is 4.92. The van der Waals surface area contributed by atoms with Crippen LogP contribution >= 0.6 is 0 Å². The number of nitrogens with zero attached hydrogens (tertiary/aromatic N) is 2. The van der Waals surface area contributed by atoms with Crippen LogP contribution < -0.4 is 9.64 Å². The van der Waals surface area contributed by atoms with Crippen molar-refractivity contribution in [3.63, 3.8) is 0 Å². The number of ether oxygens (including phenoxy) is 1. The molecule has 0 fully saturated rings. The third-order valence-corrected chi connectivity index (χ3v) is 4.40. The van der Waals surface area contributed by atoms with Crippen LogP contribution in [0.1, 0.15) is 18.1 Å². The van der Waals surface area contributed by atoms with Crippen molar-refractivity contribution >= 4 is 23.5 Å². The maximum absolute atomic E-state index is 13.2. The van der Waals surface area contributed by atoms with Crippen molar-refractivity contribution in [2.45, 2.75) is 6.92 Å². The van der Waals surface area contributed by atoms with Gasteiger partial charge in [-0.05, 0) is 42.8 Å². The summed E-state index contributed by atoms with van der Waals surface area (Å²) in [4.78, 5) is 19.5. The first-order valence-corrected chi connectivity index (χ1v) is 9.24. The molecular weight excluding hydrogens is 348 g/mol. The average Bonchev–Trinajstić information content (AvgIpc) is 3.07. The van der Waals surface area contributed by atoms with Crippen LogP contribution in [0.25, 0.3) is 6.08 Å². The van der Waals surface area contributed by atoms with Crippen LogP contribution in [0.4, 0.5) is 5.69 Å². The van der Waals surface area contributed by atoms with Crippen molar-refractivity contribution < 1.29 is 9.53 Å². The number of amidine groups is 1. The quantitative estimate of drug-likeness (QED) is 0.600. The predicted molar refractivity (Wildman–Crippen MR) is 112 cm³/mol. The minimum Gasteiger partial charge on any atom is -0.494 e. The van der Waals surface area contributed by atoms with Crippen molar-refractivity contribution in [1.82, 2.24) is 0 Å². The second-order valence-electron chi connectivity index (χ2n) is 6.31. The third-order valence-electron chi connectivity index (χ3n) is 4.40. The first-order chi connectivity index (χ1) is 13.8. The normalized spacial score (nSPS) is 15.0. The van der Waals surface area contributed by atoms with Gasteiger partial charge in [0.05, 0.1) is 12.3 Å². The zero-order valence-electron chi connectivity index (χ0n) is 15.6. The number of anilines is 1. The van der Waals surface area contributed by atoms with Crippen molar-refractivity contribution in [3.8, 4) is 5.75 Å². The third kappa shape index (κ3) is 3.58. The first-order valence-electron chi connectivity index (χ1n) is 9.24. The molecule has 3 aromatic rings. The van der Waals surface area contributed by atoms with Gasteiger partial charge in [-0.15, -0.1) is 0 Å². The van der Waals surface area contributed by atoms with E-state index in [2.05, 4.69) is 4.99 Å². The lowest BCUT2D eigenvalue weighted by Crippen LogP contribution is -2.32. The molecule has 1 amide bonds. The van der Waals surface area contributed by atoms with Gasteiger partial charge in [0.25, 0.3) is 5.91 Å². The number of aliphatic imine (C=N–C) groups is 1. The second-order valence-corrected chi connectivity index (χ2v) is 6.31. The number of hydrogen-bond acceptors (Lipinski definition) is 3. The molecule has 0 saturated carbocycles. The van der Waals surface area contributed by atoms with Gasteiger partial charge in [-0.1, -0.05) is 60.7 Å². The Bertz CT molecular complexity index is 1020. The maximum atomic E-state index is 13.2. The van der Waals surface area contributed by atoms with E-state index in [0.717, 1.165) is 22.6 Å². The van der Waals surface area contributed by atoms with Gasteiger partial charge in [0.2, 0.25) is 0 Å². The molecule has 1 aliphatic rings. The highest BCUT2D eigenvalue weighted by Gasteiger charge is 2.32. The van der Waals surface area contributed by atoms with Gasteiger partial charge < -0.3 is 4.74 Å². The van der Waals surface area contributed by atoms with E-state index in [1.807, 2.05) is 97.9 Å². The molecule has 0 unspecified atom stereocenters. The molecule has 4 heteroatoms. The molecule has 4 nitrogen and oxygen atoms in total. The molecule has 0 saturated heterocycles. The summed E-state index contributed by atoms with van der Waals surface area (Å²) >= 11 is 0. The van der Waals surface area contributed by atoms with E-state index in [1.165, 1.54) is 0 Å². The van der Waals surface area contributed by atoms with Crippen LogP contribution in [-0.2, 0) is 4.79 Å². The highest BCUT2D eigenvalue weighted by Crippen LogP contribution is 2.28. The summed E-state index contributed by atoms with van der Waals surface area (Å²) in [6.45, 7) is 2.57. The van der Waals surface area contributed by atoms with Gasteiger partial charge in [0.15, 0.2) is 0 Å². The van der Waals surface area contributed by atoms with Crippen LogP contribution in [0.3, 0.4) is 0 Å². The molecule has 28 heavy (non-hydrogen) atoms. The van der Waals surface area contributed by atoms with Gasteiger partial charge in [-0.25, -0.2) is 4.99 Å². The van der Waals surface area contributed by atoms with Crippen LogP contribution in [0, 0.1) is 0 Å². The van der Waals surface area contributed by atoms with Crippen molar-refractivity contribution in [2.75, 3.05) is 11.5 Å². The zero-order valence-corrected chi connectivity index (χ0v) is 15.6. The lowest BCUT2D eigenvalue weighted by atomic mass is 10.1. The van der Waals surface area contributed by atoms with E-state index in [0.29, 0.717) is 18.1 Å². The Hall–Kier alpha value is -3.66. The molecule has 0 spiro atoms. The van der Waals surface area contributed by atoms with E-state index in [-0.39, 0.29) is 5.91 Å². The highest BCUT2D eigenvalue weighted by atomic mass is 16.5. The molecular formula is C24H20N2O2. The summed E-state index contributed by atoms with van der Waals surface area (Å²) in [5, 5.41) is 0. The maximum Gasteiger partial charge on any atom is 0.282 e. The molecule has 1 aliphatic heterocycles. The van der Waals surface area contributed by atoms with Gasteiger partial charge in [-0.3, -0.25) is 9.69 Å². The van der Waals surface area contributed by atoms with E-state index < -0.39 is 0 Å². The number of amides is 1. The lowest BCUT2D eigenvalue weighted by molar-refractivity contribution is -0.113. The fraction of sp³-hybridized carbons (Fsp3) is 0.0833. The average molecular weight is 368 g/mol. The van der Waals surface area contributed by atoms with Crippen molar-refractivity contribution in [1.29, 1.82) is 0 Å². The first kappa shape index (κ1) is 17.7. The molecule has 0 radical (unpaired) electrons. The highest BCUT2D eigenvalue weighted by molar-refractivity contribution is 6.33. The summed E-state index contributed by atoms with van der Waals surface area (Å²) in [5.41, 5.74) is 3.00.